The van der Waals surface area contributed by atoms with Gasteiger partial charge in [0.2, 0.25) is 17.7 Å². The monoisotopic (exact) mass is 391 g/mol. The molecular weight excluding hydrogens is 374 g/mol. The molecule has 2 aromatic heterocycles. The van der Waals surface area contributed by atoms with Gasteiger partial charge in [0, 0.05) is 43.9 Å². The molecule has 3 amide bonds. The van der Waals surface area contributed by atoms with Gasteiger partial charge in [0.1, 0.15) is 0 Å². The van der Waals surface area contributed by atoms with Gasteiger partial charge in [-0.15, -0.1) is 10.2 Å². The van der Waals surface area contributed by atoms with Crippen molar-refractivity contribution in [1.82, 2.24) is 25.4 Å². The number of hydrogen-bond donors (Lipinski definition) is 1. The van der Waals surface area contributed by atoms with Gasteiger partial charge in [0.05, 0.1) is 11.1 Å². The molecule has 0 spiro atoms. The van der Waals surface area contributed by atoms with Crippen LogP contribution in [0.2, 0.25) is 0 Å². The van der Waals surface area contributed by atoms with Crippen LogP contribution in [0, 0.1) is 0 Å². The van der Waals surface area contributed by atoms with Crippen molar-refractivity contribution in [2.45, 2.75) is 12.8 Å². The Bertz CT molecular complexity index is 1030. The second-order valence-electron chi connectivity index (χ2n) is 6.39. The summed E-state index contributed by atoms with van der Waals surface area (Å²) in [4.78, 5) is 41.7. The molecule has 9 nitrogen and oxygen atoms in total. The van der Waals surface area contributed by atoms with Crippen LogP contribution in [-0.2, 0) is 11.2 Å². The number of carbonyl (C=O) groups is 3. The van der Waals surface area contributed by atoms with Gasteiger partial charge in [-0.3, -0.25) is 24.3 Å². The second kappa shape index (κ2) is 8.01. The van der Waals surface area contributed by atoms with Gasteiger partial charge >= 0.3 is 0 Å². The summed E-state index contributed by atoms with van der Waals surface area (Å²) in [6.45, 7) is 0.337. The van der Waals surface area contributed by atoms with Crippen molar-refractivity contribution >= 4 is 17.7 Å². The average Bonchev–Trinajstić information content (AvgIpc) is 3.31. The van der Waals surface area contributed by atoms with Gasteiger partial charge in [0.15, 0.2) is 0 Å². The van der Waals surface area contributed by atoms with Crippen LogP contribution in [0.5, 0.6) is 0 Å². The van der Waals surface area contributed by atoms with E-state index >= 15 is 0 Å². The maximum Gasteiger partial charge on any atom is 0.261 e. The minimum Gasteiger partial charge on any atom is -0.421 e. The third kappa shape index (κ3) is 3.88. The summed E-state index contributed by atoms with van der Waals surface area (Å²) in [5.41, 5.74) is 1.52. The smallest absolute Gasteiger partial charge is 0.261 e. The van der Waals surface area contributed by atoms with Crippen molar-refractivity contribution in [3.63, 3.8) is 0 Å². The molecule has 146 valence electrons. The van der Waals surface area contributed by atoms with Gasteiger partial charge in [-0.2, -0.15) is 0 Å². The van der Waals surface area contributed by atoms with Crippen LogP contribution in [-0.4, -0.2) is 50.9 Å². The van der Waals surface area contributed by atoms with E-state index < -0.39 is 0 Å². The van der Waals surface area contributed by atoms with Crippen molar-refractivity contribution < 1.29 is 18.8 Å². The highest BCUT2D eigenvalue weighted by Gasteiger charge is 2.34. The van der Waals surface area contributed by atoms with E-state index in [1.54, 1.807) is 48.8 Å². The van der Waals surface area contributed by atoms with E-state index in [9.17, 15) is 14.4 Å². The topological polar surface area (TPSA) is 118 Å². The van der Waals surface area contributed by atoms with E-state index in [0.717, 1.165) is 10.5 Å². The van der Waals surface area contributed by atoms with E-state index in [1.165, 1.54) is 0 Å². The zero-order chi connectivity index (χ0) is 20.2. The van der Waals surface area contributed by atoms with Crippen LogP contribution < -0.4 is 5.32 Å². The highest BCUT2D eigenvalue weighted by molar-refractivity contribution is 6.21. The molecule has 0 radical (unpaired) electrons. The summed E-state index contributed by atoms with van der Waals surface area (Å²) in [5, 5.41) is 10.7. The Balaban J connectivity index is 1.24. The highest BCUT2D eigenvalue weighted by Crippen LogP contribution is 2.22. The lowest BCUT2D eigenvalue weighted by atomic mass is 10.1. The molecule has 0 bridgehead atoms. The number of aromatic nitrogens is 3. The molecule has 1 N–H and O–H groups in total. The van der Waals surface area contributed by atoms with E-state index in [-0.39, 0.29) is 30.7 Å². The van der Waals surface area contributed by atoms with Gasteiger partial charge in [0.25, 0.3) is 11.8 Å². The van der Waals surface area contributed by atoms with Gasteiger partial charge in [-0.1, -0.05) is 12.1 Å². The van der Waals surface area contributed by atoms with Crippen LogP contribution in [0.15, 0.2) is 53.2 Å². The van der Waals surface area contributed by atoms with Gasteiger partial charge in [-0.25, -0.2) is 0 Å². The summed E-state index contributed by atoms with van der Waals surface area (Å²) >= 11 is 0. The summed E-state index contributed by atoms with van der Waals surface area (Å²) < 4.78 is 5.56. The second-order valence-corrected chi connectivity index (χ2v) is 6.39. The zero-order valence-corrected chi connectivity index (χ0v) is 15.4. The molecule has 3 aromatic rings. The van der Waals surface area contributed by atoms with Crippen LogP contribution >= 0.6 is 0 Å². The Morgan fingerprint density at radius 2 is 1.69 bits per heavy atom. The van der Waals surface area contributed by atoms with Crippen molar-refractivity contribution in [2.75, 3.05) is 13.1 Å². The molecular formula is C20H17N5O4. The number of carbonyl (C=O) groups excluding carboxylic acids is 3. The molecule has 0 saturated carbocycles. The third-order valence-electron chi connectivity index (χ3n) is 4.50. The van der Waals surface area contributed by atoms with Crippen molar-refractivity contribution in [3.05, 3.63) is 65.8 Å². The summed E-state index contributed by atoms with van der Waals surface area (Å²) in [6, 6.07) is 10.2. The average molecular weight is 391 g/mol. The molecule has 0 saturated heterocycles. The van der Waals surface area contributed by atoms with Crippen molar-refractivity contribution in [3.8, 4) is 11.5 Å². The number of imide groups is 1. The molecule has 0 unspecified atom stereocenters. The standard InChI is InChI=1S/C20H17N5O4/c26-16(8-12-25-19(27)14-3-1-2-4-15(14)20(25)28)22-11-7-17-23-24-18(29-17)13-5-9-21-10-6-13/h1-6,9-10H,7-8,11-12H2,(H,22,26). The van der Waals surface area contributed by atoms with E-state index in [2.05, 4.69) is 20.5 Å². The predicted octanol–water partition coefficient (Wildman–Crippen LogP) is 1.48. The lowest BCUT2D eigenvalue weighted by Crippen LogP contribution is -2.35. The Hall–Kier alpha value is -3.88. The molecule has 1 aliphatic rings. The fourth-order valence-electron chi connectivity index (χ4n) is 3.02. The van der Waals surface area contributed by atoms with Crippen LogP contribution in [0.3, 0.4) is 0 Å². The first-order valence-corrected chi connectivity index (χ1v) is 9.08. The third-order valence-corrected chi connectivity index (χ3v) is 4.50. The quantitative estimate of drug-likeness (QED) is 0.606. The number of fused-ring (bicyclic) bond motifs is 1. The SMILES string of the molecule is O=C(CCN1C(=O)c2ccccc2C1=O)NCCc1nnc(-c2ccncc2)o1. The normalized spacial score (nSPS) is 12.9. The molecule has 0 atom stereocenters. The number of nitrogens with zero attached hydrogens (tertiary/aromatic N) is 4. The van der Waals surface area contributed by atoms with Crippen LogP contribution in [0.25, 0.3) is 11.5 Å². The fourth-order valence-corrected chi connectivity index (χ4v) is 3.02. The number of hydrogen-bond acceptors (Lipinski definition) is 7. The molecule has 1 aromatic carbocycles. The van der Waals surface area contributed by atoms with Gasteiger partial charge < -0.3 is 9.73 Å². The van der Waals surface area contributed by atoms with Crippen LogP contribution in [0.4, 0.5) is 0 Å². The Labute approximate surface area is 165 Å². The molecule has 4 rings (SSSR count). The summed E-state index contributed by atoms with van der Waals surface area (Å²) in [7, 11) is 0. The molecule has 3 heterocycles. The molecule has 0 fully saturated rings. The minimum atomic E-state index is -0.368. The molecule has 29 heavy (non-hydrogen) atoms. The highest BCUT2D eigenvalue weighted by atomic mass is 16.4. The molecule has 9 heteroatoms. The number of benzene rings is 1. The van der Waals surface area contributed by atoms with E-state index in [0.29, 0.717) is 35.9 Å². The minimum absolute atomic E-state index is 0.0254. The first-order valence-electron chi connectivity index (χ1n) is 9.08. The van der Waals surface area contributed by atoms with E-state index in [4.69, 9.17) is 4.42 Å². The number of rotatable bonds is 7. The lowest BCUT2D eigenvalue weighted by molar-refractivity contribution is -0.121. The summed E-state index contributed by atoms with van der Waals surface area (Å²) in [6.07, 6.45) is 3.66. The predicted molar refractivity (Wildman–Crippen MR) is 101 cm³/mol. The van der Waals surface area contributed by atoms with Crippen molar-refractivity contribution in [2.24, 2.45) is 0 Å². The molecule has 1 aliphatic heterocycles. The first kappa shape index (κ1) is 18.5. The number of pyridine rings is 1. The molecule has 0 aliphatic carbocycles. The number of nitrogens with one attached hydrogen (secondary N) is 1. The van der Waals surface area contributed by atoms with Crippen LogP contribution in [0.1, 0.15) is 33.0 Å². The maximum atomic E-state index is 12.3. The zero-order valence-electron chi connectivity index (χ0n) is 15.4. The van der Waals surface area contributed by atoms with Gasteiger partial charge in [-0.05, 0) is 24.3 Å². The largest absolute Gasteiger partial charge is 0.421 e. The lowest BCUT2D eigenvalue weighted by Gasteiger charge is -2.13. The van der Waals surface area contributed by atoms with E-state index in [1.807, 2.05) is 0 Å². The Kier molecular flexibility index (Phi) is 5.10. The van der Waals surface area contributed by atoms with Crippen molar-refractivity contribution in [1.29, 1.82) is 0 Å². The Morgan fingerprint density at radius 1 is 1.00 bits per heavy atom. The fraction of sp³-hybridized carbons (Fsp3) is 0.200. The number of amides is 3. The maximum absolute atomic E-state index is 12.3. The first-order chi connectivity index (χ1) is 14.1. The summed E-state index contributed by atoms with van der Waals surface area (Å²) in [5.74, 6) is -0.215. The Morgan fingerprint density at radius 3 is 2.38 bits per heavy atom.